The van der Waals surface area contributed by atoms with Crippen molar-refractivity contribution in [3.05, 3.63) is 11.9 Å². The lowest BCUT2D eigenvalue weighted by atomic mass is 10.1. The minimum atomic E-state index is 0.726. The van der Waals surface area contributed by atoms with Crippen LogP contribution in [0.5, 0.6) is 0 Å². The molecule has 20 heavy (non-hydrogen) atoms. The molecule has 0 saturated heterocycles. The Morgan fingerprint density at radius 1 is 1.15 bits per heavy atom. The van der Waals surface area contributed by atoms with E-state index in [1.165, 1.54) is 31.4 Å². The van der Waals surface area contributed by atoms with E-state index in [4.69, 9.17) is 5.84 Å². The summed E-state index contributed by atoms with van der Waals surface area (Å²) in [5, 5.41) is 3.41. The minimum Gasteiger partial charge on any atom is -0.370 e. The normalized spacial score (nSPS) is 10.6. The van der Waals surface area contributed by atoms with E-state index < -0.39 is 0 Å². The van der Waals surface area contributed by atoms with E-state index in [2.05, 4.69) is 33.9 Å². The van der Waals surface area contributed by atoms with Gasteiger partial charge in [0.05, 0.1) is 0 Å². The maximum absolute atomic E-state index is 5.50. The minimum absolute atomic E-state index is 0.726. The van der Waals surface area contributed by atoms with Crippen LogP contribution >= 0.6 is 11.8 Å². The lowest BCUT2D eigenvalue weighted by Gasteiger charge is -2.13. The van der Waals surface area contributed by atoms with Crippen molar-refractivity contribution in [3.63, 3.8) is 0 Å². The van der Waals surface area contributed by atoms with Gasteiger partial charge < -0.3 is 10.7 Å². The Bertz CT molecular complexity index is 373. The van der Waals surface area contributed by atoms with Gasteiger partial charge in [-0.25, -0.2) is 15.8 Å². The van der Waals surface area contributed by atoms with Crippen LogP contribution in [0.2, 0.25) is 0 Å². The van der Waals surface area contributed by atoms with Gasteiger partial charge in [0.15, 0.2) is 0 Å². The van der Waals surface area contributed by atoms with Crippen LogP contribution in [0.4, 0.5) is 11.6 Å². The highest BCUT2D eigenvalue weighted by molar-refractivity contribution is 7.98. The van der Waals surface area contributed by atoms with Gasteiger partial charge in [-0.15, -0.1) is 0 Å². The maximum atomic E-state index is 5.50. The highest BCUT2D eigenvalue weighted by atomic mass is 32.2. The number of nitrogen functional groups attached to an aromatic ring is 1. The number of hydrazine groups is 1. The number of anilines is 2. The summed E-state index contributed by atoms with van der Waals surface area (Å²) in [6.07, 6.45) is 10.8. The summed E-state index contributed by atoms with van der Waals surface area (Å²) in [4.78, 5) is 8.50. The first-order valence-corrected chi connectivity index (χ1v) is 8.76. The topological polar surface area (TPSA) is 75.9 Å². The molecular formula is C14H27N5S. The van der Waals surface area contributed by atoms with E-state index >= 15 is 0 Å². The van der Waals surface area contributed by atoms with E-state index in [0.29, 0.717) is 0 Å². The number of rotatable bonds is 11. The van der Waals surface area contributed by atoms with E-state index in [-0.39, 0.29) is 0 Å². The van der Waals surface area contributed by atoms with Crippen molar-refractivity contribution in [2.75, 3.05) is 29.3 Å². The molecule has 0 aromatic carbocycles. The van der Waals surface area contributed by atoms with Crippen molar-refractivity contribution in [2.45, 2.75) is 45.4 Å². The summed E-state index contributed by atoms with van der Waals surface area (Å²) >= 11 is 1.92. The largest absolute Gasteiger partial charge is 0.370 e. The van der Waals surface area contributed by atoms with Gasteiger partial charge in [-0.1, -0.05) is 26.2 Å². The van der Waals surface area contributed by atoms with Crippen LogP contribution in [0.1, 0.15) is 44.6 Å². The first-order chi connectivity index (χ1) is 9.83. The second-order valence-corrected chi connectivity index (χ2v) is 5.76. The molecule has 1 aromatic rings. The zero-order valence-corrected chi connectivity index (χ0v) is 13.4. The zero-order chi connectivity index (χ0) is 14.6. The van der Waals surface area contributed by atoms with Crippen molar-refractivity contribution >= 4 is 23.4 Å². The number of nitrogens with two attached hydrogens (primary N) is 1. The Balaban J connectivity index is 2.39. The van der Waals surface area contributed by atoms with Crippen molar-refractivity contribution in [3.8, 4) is 0 Å². The third kappa shape index (κ3) is 5.96. The number of hydrogen-bond donors (Lipinski definition) is 3. The summed E-state index contributed by atoms with van der Waals surface area (Å²) in [7, 11) is 0. The van der Waals surface area contributed by atoms with Crippen molar-refractivity contribution < 1.29 is 0 Å². The average Bonchev–Trinajstić information content (AvgIpc) is 2.48. The second-order valence-electron chi connectivity index (χ2n) is 4.78. The van der Waals surface area contributed by atoms with Gasteiger partial charge in [0, 0.05) is 12.1 Å². The third-order valence-electron chi connectivity index (χ3n) is 3.15. The number of nitrogens with one attached hydrogen (secondary N) is 2. The van der Waals surface area contributed by atoms with Gasteiger partial charge in [-0.2, -0.15) is 11.8 Å². The molecule has 0 spiro atoms. The van der Waals surface area contributed by atoms with E-state index in [1.54, 1.807) is 6.33 Å². The molecule has 0 aliphatic carbocycles. The predicted molar refractivity (Wildman–Crippen MR) is 89.2 cm³/mol. The van der Waals surface area contributed by atoms with Crippen LogP contribution in [-0.2, 0) is 6.42 Å². The maximum Gasteiger partial charge on any atom is 0.148 e. The molecule has 0 aliphatic rings. The molecule has 0 unspecified atom stereocenters. The van der Waals surface area contributed by atoms with Crippen LogP contribution < -0.4 is 16.6 Å². The van der Waals surface area contributed by atoms with E-state index in [9.17, 15) is 0 Å². The van der Waals surface area contributed by atoms with Crippen molar-refractivity contribution in [1.82, 2.24) is 9.97 Å². The standard InChI is InChI=1S/C14H27N5S/c1-3-8-12-13(17-11-18-14(12)19-15)16-9-6-4-5-7-10-20-2/h11H,3-10,15H2,1-2H3,(H2,16,17,18,19). The molecule has 0 amide bonds. The van der Waals surface area contributed by atoms with Gasteiger partial charge in [-0.05, 0) is 31.3 Å². The first kappa shape index (κ1) is 17.0. The Hall–Kier alpha value is -1.01. The molecule has 1 heterocycles. The van der Waals surface area contributed by atoms with Crippen LogP contribution in [-0.4, -0.2) is 28.5 Å². The first-order valence-electron chi connectivity index (χ1n) is 7.36. The lowest BCUT2D eigenvalue weighted by Crippen LogP contribution is -2.14. The summed E-state index contributed by atoms with van der Waals surface area (Å²) < 4.78 is 0. The molecule has 114 valence electrons. The van der Waals surface area contributed by atoms with Crippen LogP contribution in [0.3, 0.4) is 0 Å². The van der Waals surface area contributed by atoms with Crippen LogP contribution in [0.25, 0.3) is 0 Å². The average molecular weight is 297 g/mol. The monoisotopic (exact) mass is 297 g/mol. The highest BCUT2D eigenvalue weighted by Crippen LogP contribution is 2.20. The molecule has 0 aliphatic heterocycles. The van der Waals surface area contributed by atoms with Crippen molar-refractivity contribution in [2.24, 2.45) is 5.84 Å². The van der Waals surface area contributed by atoms with Crippen molar-refractivity contribution in [1.29, 1.82) is 0 Å². The third-order valence-corrected chi connectivity index (χ3v) is 3.85. The SMILES string of the molecule is CCCc1c(NN)ncnc1NCCCCCCSC. The van der Waals surface area contributed by atoms with Crippen LogP contribution in [0, 0.1) is 0 Å². The summed E-state index contributed by atoms with van der Waals surface area (Å²) in [5.74, 6) is 8.41. The van der Waals surface area contributed by atoms with Gasteiger partial charge >= 0.3 is 0 Å². The fourth-order valence-electron chi connectivity index (χ4n) is 2.11. The molecule has 0 bridgehead atoms. The zero-order valence-electron chi connectivity index (χ0n) is 12.6. The Kier molecular flexibility index (Phi) is 9.15. The molecule has 0 atom stereocenters. The molecule has 0 saturated carbocycles. The molecule has 5 nitrogen and oxygen atoms in total. The molecular weight excluding hydrogens is 270 g/mol. The number of aromatic nitrogens is 2. The lowest BCUT2D eigenvalue weighted by molar-refractivity contribution is 0.687. The molecule has 4 N–H and O–H groups in total. The molecule has 6 heteroatoms. The Labute approximate surface area is 126 Å². The number of hydrogen-bond acceptors (Lipinski definition) is 6. The number of nitrogens with zero attached hydrogens (tertiary/aromatic N) is 2. The molecule has 0 fully saturated rings. The summed E-state index contributed by atoms with van der Waals surface area (Å²) in [6.45, 7) is 3.10. The molecule has 1 rings (SSSR count). The summed E-state index contributed by atoms with van der Waals surface area (Å²) in [5.41, 5.74) is 3.74. The fraction of sp³-hybridized carbons (Fsp3) is 0.714. The van der Waals surface area contributed by atoms with E-state index in [1.807, 2.05) is 11.8 Å². The molecule has 0 radical (unpaired) electrons. The van der Waals surface area contributed by atoms with Gasteiger partial charge in [0.2, 0.25) is 0 Å². The second kappa shape index (κ2) is 10.7. The predicted octanol–water partition coefficient (Wildman–Crippen LogP) is 3.05. The van der Waals surface area contributed by atoms with E-state index in [0.717, 1.165) is 36.6 Å². The van der Waals surface area contributed by atoms with Gasteiger partial charge in [0.25, 0.3) is 0 Å². The quantitative estimate of drug-likeness (QED) is 0.331. The van der Waals surface area contributed by atoms with Gasteiger partial charge in [-0.3, -0.25) is 0 Å². The summed E-state index contributed by atoms with van der Waals surface area (Å²) in [6, 6.07) is 0. The Morgan fingerprint density at radius 2 is 1.90 bits per heavy atom. The number of thioether (sulfide) groups is 1. The fourth-order valence-corrected chi connectivity index (χ4v) is 2.60. The molecule has 1 aromatic heterocycles. The van der Waals surface area contributed by atoms with Crippen LogP contribution in [0.15, 0.2) is 6.33 Å². The highest BCUT2D eigenvalue weighted by Gasteiger charge is 2.09. The number of unbranched alkanes of at least 4 members (excludes halogenated alkanes) is 3. The Morgan fingerprint density at radius 3 is 2.60 bits per heavy atom. The smallest absolute Gasteiger partial charge is 0.148 e. The van der Waals surface area contributed by atoms with Gasteiger partial charge in [0.1, 0.15) is 18.0 Å².